The van der Waals surface area contributed by atoms with Crippen molar-refractivity contribution in [3.63, 3.8) is 0 Å². The van der Waals surface area contributed by atoms with Crippen molar-refractivity contribution in [2.24, 2.45) is 0 Å². The van der Waals surface area contributed by atoms with E-state index in [4.69, 9.17) is 28.9 Å². The number of benzene rings is 2. The highest BCUT2D eigenvalue weighted by Crippen LogP contribution is 2.25. The molecule has 0 spiro atoms. The summed E-state index contributed by atoms with van der Waals surface area (Å²) in [5.74, 6) is -2.68. The van der Waals surface area contributed by atoms with Gasteiger partial charge >= 0.3 is 0 Å². The Labute approximate surface area is 123 Å². The van der Waals surface area contributed by atoms with Crippen LogP contribution >= 0.6 is 23.2 Å². The number of rotatable bonds is 2. The molecule has 0 unspecified atom stereocenters. The molecule has 2 aromatic rings. The van der Waals surface area contributed by atoms with Crippen LogP contribution in [0.3, 0.4) is 0 Å². The van der Waals surface area contributed by atoms with E-state index in [0.29, 0.717) is 11.1 Å². The largest absolute Gasteiger partial charge is 0.397 e. The normalized spacial score (nSPS) is 10.4. The van der Waals surface area contributed by atoms with Crippen LogP contribution in [0.5, 0.6) is 0 Å². The zero-order valence-electron chi connectivity index (χ0n) is 9.88. The molecule has 0 atom stereocenters. The Morgan fingerprint density at radius 1 is 1.10 bits per heavy atom. The SMILES string of the molecule is Nc1ccc(Cl)cc1NC(=O)c1cc(F)c(Cl)cc1F. The number of halogens is 4. The molecule has 3 nitrogen and oxygen atoms in total. The molecule has 2 aromatic carbocycles. The smallest absolute Gasteiger partial charge is 0.258 e. The average molecular weight is 317 g/mol. The lowest BCUT2D eigenvalue weighted by Gasteiger charge is -2.09. The number of carbonyl (C=O) groups is 1. The average Bonchev–Trinajstić information content (AvgIpc) is 2.38. The van der Waals surface area contributed by atoms with Gasteiger partial charge in [0.15, 0.2) is 0 Å². The van der Waals surface area contributed by atoms with Crippen LogP contribution in [0.4, 0.5) is 20.2 Å². The van der Waals surface area contributed by atoms with Crippen LogP contribution in [-0.2, 0) is 0 Å². The third-order valence-corrected chi connectivity index (χ3v) is 3.04. The first-order chi connectivity index (χ1) is 9.38. The first kappa shape index (κ1) is 14.6. The number of hydrogen-bond acceptors (Lipinski definition) is 2. The van der Waals surface area contributed by atoms with Gasteiger partial charge < -0.3 is 11.1 Å². The first-order valence-corrected chi connectivity index (χ1v) is 6.15. The van der Waals surface area contributed by atoms with E-state index in [2.05, 4.69) is 5.32 Å². The second-order valence-electron chi connectivity index (χ2n) is 3.93. The summed E-state index contributed by atoms with van der Waals surface area (Å²) < 4.78 is 26.9. The molecular weight excluding hydrogens is 309 g/mol. The van der Waals surface area contributed by atoms with Crippen LogP contribution in [0.2, 0.25) is 10.0 Å². The van der Waals surface area contributed by atoms with Crippen LogP contribution in [0.1, 0.15) is 10.4 Å². The summed E-state index contributed by atoms with van der Waals surface area (Å²) in [7, 11) is 0. The zero-order valence-corrected chi connectivity index (χ0v) is 11.4. The van der Waals surface area contributed by atoms with Crippen molar-refractivity contribution in [2.45, 2.75) is 0 Å². The molecule has 0 radical (unpaired) electrons. The monoisotopic (exact) mass is 316 g/mol. The van der Waals surface area contributed by atoms with E-state index in [1.807, 2.05) is 0 Å². The van der Waals surface area contributed by atoms with Crippen molar-refractivity contribution in [1.29, 1.82) is 0 Å². The Hall–Kier alpha value is -1.85. The van der Waals surface area contributed by atoms with E-state index in [1.54, 1.807) is 0 Å². The molecule has 1 amide bonds. The molecule has 0 aliphatic rings. The van der Waals surface area contributed by atoms with Crippen molar-refractivity contribution in [3.8, 4) is 0 Å². The lowest BCUT2D eigenvalue weighted by molar-refractivity contribution is 0.102. The van der Waals surface area contributed by atoms with Crippen molar-refractivity contribution < 1.29 is 13.6 Å². The van der Waals surface area contributed by atoms with Crippen molar-refractivity contribution in [3.05, 3.63) is 57.6 Å². The van der Waals surface area contributed by atoms with Gasteiger partial charge in [-0.2, -0.15) is 0 Å². The standard InChI is InChI=1S/C13H8Cl2F2N2O/c14-6-1-2-11(18)12(3-6)19-13(20)7-4-10(17)8(15)5-9(7)16/h1-5H,18H2,(H,19,20). The van der Waals surface area contributed by atoms with Crippen molar-refractivity contribution >= 4 is 40.5 Å². The minimum absolute atomic E-state index is 0.206. The maximum Gasteiger partial charge on any atom is 0.258 e. The summed E-state index contributed by atoms with van der Waals surface area (Å²) in [6.45, 7) is 0. The van der Waals surface area contributed by atoms with Gasteiger partial charge in [0.05, 0.1) is 22.0 Å². The van der Waals surface area contributed by atoms with E-state index in [1.165, 1.54) is 18.2 Å². The van der Waals surface area contributed by atoms with Gasteiger partial charge in [0, 0.05) is 5.02 Å². The van der Waals surface area contributed by atoms with Gasteiger partial charge in [0.2, 0.25) is 0 Å². The summed E-state index contributed by atoms with van der Waals surface area (Å²) in [5, 5.41) is 2.30. The molecule has 0 saturated carbocycles. The number of anilines is 2. The van der Waals surface area contributed by atoms with E-state index in [9.17, 15) is 13.6 Å². The Morgan fingerprint density at radius 2 is 1.80 bits per heavy atom. The minimum Gasteiger partial charge on any atom is -0.397 e. The predicted molar refractivity (Wildman–Crippen MR) is 75.2 cm³/mol. The lowest BCUT2D eigenvalue weighted by atomic mass is 10.1. The minimum atomic E-state index is -0.936. The Balaban J connectivity index is 2.33. The molecule has 0 heterocycles. The van der Waals surface area contributed by atoms with Crippen LogP contribution in [-0.4, -0.2) is 5.91 Å². The lowest BCUT2D eigenvalue weighted by Crippen LogP contribution is -2.15. The van der Waals surface area contributed by atoms with Crippen molar-refractivity contribution in [1.82, 2.24) is 0 Å². The van der Waals surface area contributed by atoms with Gasteiger partial charge in [-0.1, -0.05) is 23.2 Å². The molecule has 2 rings (SSSR count). The molecule has 0 aliphatic carbocycles. The van der Waals surface area contributed by atoms with Crippen LogP contribution in [0, 0.1) is 11.6 Å². The molecule has 7 heteroatoms. The summed E-state index contributed by atoms with van der Waals surface area (Å²) in [6, 6.07) is 5.87. The zero-order chi connectivity index (χ0) is 14.9. The molecule has 3 N–H and O–H groups in total. The first-order valence-electron chi connectivity index (χ1n) is 5.39. The van der Waals surface area contributed by atoms with Gasteiger partial charge in [-0.05, 0) is 30.3 Å². The second-order valence-corrected chi connectivity index (χ2v) is 4.78. The van der Waals surface area contributed by atoms with E-state index >= 15 is 0 Å². The predicted octanol–water partition coefficient (Wildman–Crippen LogP) is 4.11. The van der Waals surface area contributed by atoms with E-state index in [-0.39, 0.29) is 11.4 Å². The fourth-order valence-corrected chi connectivity index (χ4v) is 1.85. The highest BCUT2D eigenvalue weighted by Gasteiger charge is 2.16. The molecule has 20 heavy (non-hydrogen) atoms. The molecule has 0 bridgehead atoms. The van der Waals surface area contributed by atoms with Crippen LogP contribution in [0.15, 0.2) is 30.3 Å². The van der Waals surface area contributed by atoms with Crippen LogP contribution < -0.4 is 11.1 Å². The number of carbonyl (C=O) groups excluding carboxylic acids is 1. The quantitative estimate of drug-likeness (QED) is 0.647. The highest BCUT2D eigenvalue weighted by molar-refractivity contribution is 6.31. The third-order valence-electron chi connectivity index (χ3n) is 2.52. The Bertz CT molecular complexity index is 692. The number of hydrogen-bond donors (Lipinski definition) is 2. The van der Waals surface area contributed by atoms with Gasteiger partial charge in [-0.25, -0.2) is 8.78 Å². The summed E-state index contributed by atoms with van der Waals surface area (Å²) in [4.78, 5) is 11.9. The topological polar surface area (TPSA) is 55.1 Å². The van der Waals surface area contributed by atoms with Gasteiger partial charge in [0.1, 0.15) is 11.6 Å². The Morgan fingerprint density at radius 3 is 2.50 bits per heavy atom. The molecule has 0 saturated heterocycles. The van der Waals surface area contributed by atoms with E-state index < -0.39 is 28.1 Å². The van der Waals surface area contributed by atoms with Crippen LogP contribution in [0.25, 0.3) is 0 Å². The fraction of sp³-hybridized carbons (Fsp3) is 0. The van der Waals surface area contributed by atoms with Crippen molar-refractivity contribution in [2.75, 3.05) is 11.1 Å². The molecule has 0 aromatic heterocycles. The van der Waals surface area contributed by atoms with Gasteiger partial charge in [-0.15, -0.1) is 0 Å². The van der Waals surface area contributed by atoms with Gasteiger partial charge in [0.25, 0.3) is 5.91 Å². The third kappa shape index (κ3) is 3.00. The molecule has 0 fully saturated rings. The molecular formula is C13H8Cl2F2N2O. The fourth-order valence-electron chi connectivity index (χ4n) is 1.52. The Kier molecular flexibility index (Phi) is 4.11. The summed E-state index contributed by atoms with van der Waals surface area (Å²) >= 11 is 11.2. The van der Waals surface area contributed by atoms with E-state index in [0.717, 1.165) is 6.07 Å². The van der Waals surface area contributed by atoms with Gasteiger partial charge in [-0.3, -0.25) is 4.79 Å². The summed E-state index contributed by atoms with van der Waals surface area (Å²) in [6.07, 6.45) is 0. The maximum atomic E-state index is 13.6. The number of amides is 1. The second kappa shape index (κ2) is 5.64. The highest BCUT2D eigenvalue weighted by atomic mass is 35.5. The number of nitrogen functional groups attached to an aromatic ring is 1. The number of nitrogens with two attached hydrogens (primary N) is 1. The number of nitrogens with one attached hydrogen (secondary N) is 1. The molecule has 104 valence electrons. The molecule has 0 aliphatic heterocycles. The maximum absolute atomic E-state index is 13.6. The summed E-state index contributed by atoms with van der Waals surface area (Å²) in [5.41, 5.74) is 5.62.